The van der Waals surface area contributed by atoms with Crippen LogP contribution in [0, 0.1) is 9.49 Å². The van der Waals surface area contributed by atoms with Gasteiger partial charge in [-0.25, -0.2) is 0 Å². The topological polar surface area (TPSA) is 29.1 Å². The normalized spacial score (nSPS) is 23.7. The highest BCUT2D eigenvalue weighted by molar-refractivity contribution is 14.1. The molecule has 0 saturated heterocycles. The Hall–Kier alpha value is -0.100. The van der Waals surface area contributed by atoms with Gasteiger partial charge in [0, 0.05) is 14.9 Å². The van der Waals surface area contributed by atoms with Crippen molar-refractivity contribution in [1.82, 2.24) is 5.32 Å². The zero-order valence-electron chi connectivity index (χ0n) is 10.2. The molecule has 1 aromatic rings. The maximum absolute atomic E-state index is 12.1. The Balaban J connectivity index is 1.87. The van der Waals surface area contributed by atoms with E-state index in [1.54, 1.807) is 0 Å². The highest BCUT2D eigenvalue weighted by Gasteiger charge is 2.20. The van der Waals surface area contributed by atoms with Crippen LogP contribution < -0.4 is 5.32 Å². The molecule has 1 N–H and O–H groups in total. The minimum absolute atomic E-state index is 0.0525. The van der Waals surface area contributed by atoms with E-state index in [0.717, 1.165) is 15.7 Å². The molecule has 0 radical (unpaired) electrons. The van der Waals surface area contributed by atoms with Crippen molar-refractivity contribution in [3.05, 3.63) is 33.4 Å². The third-order valence-corrected chi connectivity index (χ3v) is 5.16. The summed E-state index contributed by atoms with van der Waals surface area (Å²) in [5.74, 6) is 0.671. The molecule has 0 heterocycles. The van der Waals surface area contributed by atoms with Crippen LogP contribution in [-0.4, -0.2) is 17.3 Å². The fourth-order valence-electron chi connectivity index (χ4n) is 2.39. The second-order valence-electron chi connectivity index (χ2n) is 4.82. The van der Waals surface area contributed by atoms with Crippen molar-refractivity contribution in [3.63, 3.8) is 0 Å². The maximum Gasteiger partial charge on any atom is 0.252 e. The van der Waals surface area contributed by atoms with Gasteiger partial charge >= 0.3 is 0 Å². The first kappa shape index (κ1) is 14.3. The zero-order valence-corrected chi connectivity index (χ0v) is 13.9. The van der Waals surface area contributed by atoms with Crippen molar-refractivity contribution in [2.24, 2.45) is 5.92 Å². The number of carbonyl (C=O) groups excluding carboxylic acids is 1. The second kappa shape index (κ2) is 6.89. The van der Waals surface area contributed by atoms with Crippen LogP contribution >= 0.6 is 38.5 Å². The molecule has 0 aliphatic heterocycles. The zero-order chi connectivity index (χ0) is 13.0. The Labute approximate surface area is 130 Å². The third-order valence-electron chi connectivity index (χ3n) is 3.39. The van der Waals surface area contributed by atoms with Crippen LogP contribution in [0.15, 0.2) is 24.3 Å². The minimum Gasteiger partial charge on any atom is -0.352 e. The van der Waals surface area contributed by atoms with E-state index in [9.17, 15) is 4.79 Å². The van der Waals surface area contributed by atoms with E-state index >= 15 is 0 Å². The first-order valence-electron chi connectivity index (χ1n) is 6.33. The van der Waals surface area contributed by atoms with Crippen molar-refractivity contribution < 1.29 is 4.79 Å². The smallest absolute Gasteiger partial charge is 0.252 e. The molecular weight excluding hydrogens is 405 g/mol. The van der Waals surface area contributed by atoms with Gasteiger partial charge in [-0.05, 0) is 59.9 Å². The summed E-state index contributed by atoms with van der Waals surface area (Å²) in [6.07, 6.45) is 4.93. The molecule has 1 amide bonds. The summed E-state index contributed by atoms with van der Waals surface area (Å²) in [5, 5.41) is 3.07. The monoisotopic (exact) mass is 421 g/mol. The molecule has 2 atom stereocenters. The van der Waals surface area contributed by atoms with E-state index in [1.807, 2.05) is 24.3 Å². The SMILES string of the molecule is O=C(NCC1CCCC(Br)C1)c1ccccc1I. The molecule has 1 aliphatic carbocycles. The summed E-state index contributed by atoms with van der Waals surface area (Å²) >= 11 is 5.88. The third kappa shape index (κ3) is 3.95. The van der Waals surface area contributed by atoms with Crippen LogP contribution in [0.5, 0.6) is 0 Å². The van der Waals surface area contributed by atoms with Gasteiger partial charge < -0.3 is 5.32 Å². The van der Waals surface area contributed by atoms with Crippen molar-refractivity contribution in [2.75, 3.05) is 6.54 Å². The van der Waals surface area contributed by atoms with Gasteiger partial charge in [-0.2, -0.15) is 0 Å². The Morgan fingerprint density at radius 2 is 2.17 bits per heavy atom. The van der Waals surface area contributed by atoms with E-state index in [2.05, 4.69) is 43.8 Å². The molecule has 98 valence electrons. The maximum atomic E-state index is 12.1. The summed E-state index contributed by atoms with van der Waals surface area (Å²) in [6.45, 7) is 0.798. The highest BCUT2D eigenvalue weighted by Crippen LogP contribution is 2.28. The lowest BCUT2D eigenvalue weighted by Gasteiger charge is -2.25. The molecule has 1 saturated carbocycles. The molecule has 1 aromatic carbocycles. The van der Waals surface area contributed by atoms with Gasteiger partial charge in [0.15, 0.2) is 0 Å². The van der Waals surface area contributed by atoms with E-state index in [1.165, 1.54) is 25.7 Å². The fourth-order valence-corrected chi connectivity index (χ4v) is 3.87. The van der Waals surface area contributed by atoms with Crippen LogP contribution in [0.2, 0.25) is 0 Å². The van der Waals surface area contributed by atoms with Crippen LogP contribution in [0.3, 0.4) is 0 Å². The number of carbonyl (C=O) groups is 1. The van der Waals surface area contributed by atoms with Gasteiger partial charge in [0.1, 0.15) is 0 Å². The molecule has 0 spiro atoms. The average Bonchev–Trinajstić information content (AvgIpc) is 2.37. The number of amides is 1. The van der Waals surface area contributed by atoms with Gasteiger partial charge in [-0.3, -0.25) is 4.79 Å². The minimum atomic E-state index is 0.0525. The predicted molar refractivity (Wildman–Crippen MR) is 86.2 cm³/mol. The molecule has 0 bridgehead atoms. The number of nitrogens with one attached hydrogen (secondary N) is 1. The van der Waals surface area contributed by atoms with Crippen molar-refractivity contribution in [2.45, 2.75) is 30.5 Å². The lowest BCUT2D eigenvalue weighted by atomic mass is 9.89. The molecule has 4 heteroatoms. The van der Waals surface area contributed by atoms with E-state index in [-0.39, 0.29) is 5.91 Å². The summed E-state index contributed by atoms with van der Waals surface area (Å²) in [7, 11) is 0. The average molecular weight is 422 g/mol. The first-order valence-corrected chi connectivity index (χ1v) is 8.33. The number of hydrogen-bond donors (Lipinski definition) is 1. The van der Waals surface area contributed by atoms with E-state index in [4.69, 9.17) is 0 Å². The summed E-state index contributed by atoms with van der Waals surface area (Å²) in [5.41, 5.74) is 0.782. The fraction of sp³-hybridized carbons (Fsp3) is 0.500. The standard InChI is InChI=1S/C14H17BrINO/c15-11-5-3-4-10(8-11)9-17-14(18)12-6-1-2-7-13(12)16/h1-2,6-7,10-11H,3-5,8-9H2,(H,17,18). The second-order valence-corrected chi connectivity index (χ2v) is 7.28. The predicted octanol–water partition coefficient (Wildman–Crippen LogP) is 3.97. The van der Waals surface area contributed by atoms with E-state index in [0.29, 0.717) is 10.7 Å². The van der Waals surface area contributed by atoms with Crippen molar-refractivity contribution in [3.8, 4) is 0 Å². The van der Waals surface area contributed by atoms with Crippen LogP contribution in [0.4, 0.5) is 0 Å². The molecule has 1 fully saturated rings. The largest absolute Gasteiger partial charge is 0.352 e. The molecule has 2 rings (SSSR count). The molecule has 2 unspecified atom stereocenters. The number of rotatable bonds is 3. The van der Waals surface area contributed by atoms with Crippen LogP contribution in [0.1, 0.15) is 36.0 Å². The Morgan fingerprint density at radius 3 is 2.89 bits per heavy atom. The van der Waals surface area contributed by atoms with Crippen LogP contribution in [0.25, 0.3) is 0 Å². The Kier molecular flexibility index (Phi) is 5.48. The molecule has 0 aromatic heterocycles. The molecule has 2 nitrogen and oxygen atoms in total. The van der Waals surface area contributed by atoms with Gasteiger partial charge in [-0.1, -0.05) is 34.5 Å². The number of alkyl halides is 1. The highest BCUT2D eigenvalue weighted by atomic mass is 127. The van der Waals surface area contributed by atoms with Gasteiger partial charge in [0.25, 0.3) is 5.91 Å². The van der Waals surface area contributed by atoms with Crippen molar-refractivity contribution in [1.29, 1.82) is 0 Å². The molecule has 18 heavy (non-hydrogen) atoms. The lowest BCUT2D eigenvalue weighted by molar-refractivity contribution is 0.0943. The Bertz CT molecular complexity index is 424. The summed E-state index contributed by atoms with van der Waals surface area (Å²) in [4.78, 5) is 12.7. The molecular formula is C14H17BrINO. The van der Waals surface area contributed by atoms with Gasteiger partial charge in [-0.15, -0.1) is 0 Å². The number of benzene rings is 1. The van der Waals surface area contributed by atoms with Crippen LogP contribution in [-0.2, 0) is 0 Å². The summed E-state index contributed by atoms with van der Waals surface area (Å²) in [6, 6.07) is 7.71. The van der Waals surface area contributed by atoms with E-state index < -0.39 is 0 Å². The van der Waals surface area contributed by atoms with Gasteiger partial charge in [0.2, 0.25) is 0 Å². The first-order chi connectivity index (χ1) is 8.66. The van der Waals surface area contributed by atoms with Gasteiger partial charge in [0.05, 0.1) is 5.56 Å². The van der Waals surface area contributed by atoms with Crippen molar-refractivity contribution >= 4 is 44.4 Å². The Morgan fingerprint density at radius 1 is 1.39 bits per heavy atom. The lowest BCUT2D eigenvalue weighted by Crippen LogP contribution is -2.32. The summed E-state index contributed by atoms with van der Waals surface area (Å²) < 4.78 is 1.01. The number of hydrogen-bond acceptors (Lipinski definition) is 1. The molecule has 1 aliphatic rings. The quantitative estimate of drug-likeness (QED) is 0.580. The number of halogens is 2.